The average Bonchev–Trinajstić information content (AvgIpc) is 2.66. The van der Waals surface area contributed by atoms with E-state index in [0.717, 1.165) is 36.8 Å². The standard InChI is InChI=1S/C22H28N2O2/c1-2-3-4-11-16-19(21(23)25)24-22(26)20(17-12-7-5-8-13-17)18-14-9-6-10-15-18/h5-10,12-15,19-20H,2-4,11,16H2,1H3,(H2,23,25)(H,24,26)/t19-/m0/s1. The second kappa shape index (κ2) is 10.4. The zero-order chi connectivity index (χ0) is 18.8. The van der Waals surface area contributed by atoms with Gasteiger partial charge in [-0.2, -0.15) is 0 Å². The van der Waals surface area contributed by atoms with Crippen molar-refractivity contribution in [2.45, 2.75) is 51.0 Å². The maximum absolute atomic E-state index is 13.0. The van der Waals surface area contributed by atoms with Crippen LogP contribution < -0.4 is 11.1 Å². The average molecular weight is 352 g/mol. The van der Waals surface area contributed by atoms with E-state index < -0.39 is 17.9 Å². The molecule has 0 unspecified atom stereocenters. The Labute approximate surface area is 155 Å². The zero-order valence-corrected chi connectivity index (χ0v) is 15.4. The molecule has 138 valence electrons. The van der Waals surface area contributed by atoms with Crippen LogP contribution in [0.25, 0.3) is 0 Å². The molecule has 0 bridgehead atoms. The van der Waals surface area contributed by atoms with Crippen LogP contribution in [0.3, 0.4) is 0 Å². The first kappa shape index (κ1) is 19.7. The molecule has 0 saturated heterocycles. The number of nitrogens with one attached hydrogen (secondary N) is 1. The minimum absolute atomic E-state index is 0.193. The number of primary amides is 1. The Morgan fingerprint density at radius 3 is 1.88 bits per heavy atom. The van der Waals surface area contributed by atoms with E-state index in [2.05, 4.69) is 12.2 Å². The van der Waals surface area contributed by atoms with Crippen LogP contribution in [0.2, 0.25) is 0 Å². The molecule has 4 nitrogen and oxygen atoms in total. The molecule has 1 atom stereocenters. The fourth-order valence-electron chi connectivity index (χ4n) is 3.10. The number of carbonyl (C=O) groups is 2. The Morgan fingerprint density at radius 1 is 0.885 bits per heavy atom. The molecule has 2 aromatic rings. The van der Waals surface area contributed by atoms with Gasteiger partial charge in [-0.3, -0.25) is 9.59 Å². The van der Waals surface area contributed by atoms with Gasteiger partial charge in [-0.05, 0) is 17.5 Å². The summed E-state index contributed by atoms with van der Waals surface area (Å²) in [6.07, 6.45) is 4.74. The van der Waals surface area contributed by atoms with Crippen LogP contribution in [0, 0.1) is 0 Å². The lowest BCUT2D eigenvalue weighted by Gasteiger charge is -2.22. The normalized spacial score (nSPS) is 11.9. The zero-order valence-electron chi connectivity index (χ0n) is 15.4. The molecule has 0 aliphatic heterocycles. The van der Waals surface area contributed by atoms with Crippen molar-refractivity contribution in [3.63, 3.8) is 0 Å². The van der Waals surface area contributed by atoms with Gasteiger partial charge in [0.25, 0.3) is 0 Å². The number of unbranched alkanes of at least 4 members (excludes halogenated alkanes) is 3. The number of nitrogens with two attached hydrogens (primary N) is 1. The molecule has 0 aliphatic rings. The molecule has 2 amide bonds. The minimum Gasteiger partial charge on any atom is -0.368 e. The number of rotatable bonds is 10. The summed E-state index contributed by atoms with van der Waals surface area (Å²) in [5.41, 5.74) is 7.31. The Balaban J connectivity index is 2.16. The molecule has 4 heteroatoms. The summed E-state index contributed by atoms with van der Waals surface area (Å²) in [5.74, 6) is -1.13. The predicted molar refractivity (Wildman–Crippen MR) is 105 cm³/mol. The van der Waals surface area contributed by atoms with Crippen molar-refractivity contribution in [2.24, 2.45) is 5.73 Å². The Morgan fingerprint density at radius 2 is 1.42 bits per heavy atom. The summed E-state index contributed by atoms with van der Waals surface area (Å²) in [4.78, 5) is 24.8. The number of carbonyl (C=O) groups excluding carboxylic acids is 2. The van der Waals surface area contributed by atoms with Crippen molar-refractivity contribution in [3.8, 4) is 0 Å². The minimum atomic E-state index is -0.630. The van der Waals surface area contributed by atoms with Gasteiger partial charge in [0.15, 0.2) is 0 Å². The molecule has 0 radical (unpaired) electrons. The monoisotopic (exact) mass is 352 g/mol. The lowest BCUT2D eigenvalue weighted by atomic mass is 9.90. The second-order valence-corrected chi connectivity index (χ2v) is 6.57. The number of hydrogen-bond acceptors (Lipinski definition) is 2. The molecule has 26 heavy (non-hydrogen) atoms. The molecule has 0 saturated carbocycles. The maximum Gasteiger partial charge on any atom is 0.240 e. The van der Waals surface area contributed by atoms with Gasteiger partial charge in [0.05, 0.1) is 5.92 Å². The first-order valence-electron chi connectivity index (χ1n) is 9.33. The van der Waals surface area contributed by atoms with Gasteiger partial charge >= 0.3 is 0 Å². The summed E-state index contributed by atoms with van der Waals surface area (Å²) in [6.45, 7) is 2.14. The van der Waals surface area contributed by atoms with Crippen LogP contribution >= 0.6 is 0 Å². The maximum atomic E-state index is 13.0. The van der Waals surface area contributed by atoms with Crippen LogP contribution in [0.4, 0.5) is 0 Å². The van der Waals surface area contributed by atoms with E-state index in [9.17, 15) is 9.59 Å². The molecule has 0 heterocycles. The van der Waals surface area contributed by atoms with E-state index in [1.807, 2.05) is 60.7 Å². The van der Waals surface area contributed by atoms with Crippen LogP contribution in [0.5, 0.6) is 0 Å². The van der Waals surface area contributed by atoms with Crippen LogP contribution in [0.1, 0.15) is 56.1 Å². The van der Waals surface area contributed by atoms with Gasteiger partial charge in [0.1, 0.15) is 6.04 Å². The van der Waals surface area contributed by atoms with E-state index >= 15 is 0 Å². The van der Waals surface area contributed by atoms with E-state index in [1.165, 1.54) is 0 Å². The third-order valence-corrected chi connectivity index (χ3v) is 4.53. The van der Waals surface area contributed by atoms with Crippen molar-refractivity contribution < 1.29 is 9.59 Å². The highest BCUT2D eigenvalue weighted by Gasteiger charge is 2.26. The van der Waals surface area contributed by atoms with Gasteiger partial charge < -0.3 is 11.1 Å². The van der Waals surface area contributed by atoms with E-state index in [0.29, 0.717) is 6.42 Å². The highest BCUT2D eigenvalue weighted by molar-refractivity contribution is 5.91. The molecule has 0 spiro atoms. The Bertz CT molecular complexity index is 646. The van der Waals surface area contributed by atoms with Crippen LogP contribution in [0.15, 0.2) is 60.7 Å². The molecule has 2 aromatic carbocycles. The van der Waals surface area contributed by atoms with Gasteiger partial charge in [-0.15, -0.1) is 0 Å². The molecular weight excluding hydrogens is 324 g/mol. The molecular formula is C22H28N2O2. The fraction of sp³-hybridized carbons (Fsp3) is 0.364. The van der Waals surface area contributed by atoms with E-state index in [1.54, 1.807) is 0 Å². The summed E-state index contributed by atoms with van der Waals surface area (Å²) in [7, 11) is 0. The Kier molecular flexibility index (Phi) is 7.87. The quantitative estimate of drug-likeness (QED) is 0.639. The molecule has 0 aromatic heterocycles. The summed E-state index contributed by atoms with van der Waals surface area (Å²) < 4.78 is 0. The highest BCUT2D eigenvalue weighted by Crippen LogP contribution is 2.25. The number of benzene rings is 2. The third kappa shape index (κ3) is 5.73. The summed E-state index contributed by atoms with van der Waals surface area (Å²) in [6, 6.07) is 18.6. The lowest BCUT2D eigenvalue weighted by Crippen LogP contribution is -2.46. The largest absolute Gasteiger partial charge is 0.368 e. The van der Waals surface area contributed by atoms with Crippen molar-refractivity contribution in [1.29, 1.82) is 0 Å². The molecule has 2 rings (SSSR count). The van der Waals surface area contributed by atoms with Crippen molar-refractivity contribution in [3.05, 3.63) is 71.8 Å². The molecule has 0 fully saturated rings. The van der Waals surface area contributed by atoms with Gasteiger partial charge in [-0.1, -0.05) is 93.3 Å². The van der Waals surface area contributed by atoms with Crippen LogP contribution in [-0.2, 0) is 9.59 Å². The third-order valence-electron chi connectivity index (χ3n) is 4.53. The van der Waals surface area contributed by atoms with Crippen molar-refractivity contribution in [2.75, 3.05) is 0 Å². The first-order valence-corrected chi connectivity index (χ1v) is 9.33. The topological polar surface area (TPSA) is 72.2 Å². The number of amides is 2. The highest BCUT2D eigenvalue weighted by atomic mass is 16.2. The first-order chi connectivity index (χ1) is 12.6. The lowest BCUT2D eigenvalue weighted by molar-refractivity contribution is -0.127. The SMILES string of the molecule is CCCCCC[C@H](NC(=O)C(c1ccccc1)c1ccccc1)C(N)=O. The van der Waals surface area contributed by atoms with Gasteiger partial charge in [-0.25, -0.2) is 0 Å². The Hall–Kier alpha value is -2.62. The smallest absolute Gasteiger partial charge is 0.240 e. The van der Waals surface area contributed by atoms with Crippen molar-refractivity contribution in [1.82, 2.24) is 5.32 Å². The van der Waals surface area contributed by atoms with Crippen LogP contribution in [-0.4, -0.2) is 17.9 Å². The fourth-order valence-corrected chi connectivity index (χ4v) is 3.10. The summed E-state index contributed by atoms with van der Waals surface area (Å²) in [5, 5.41) is 2.88. The number of hydrogen-bond donors (Lipinski definition) is 2. The van der Waals surface area contributed by atoms with E-state index in [4.69, 9.17) is 5.73 Å². The van der Waals surface area contributed by atoms with Gasteiger partial charge in [0.2, 0.25) is 11.8 Å². The van der Waals surface area contributed by atoms with E-state index in [-0.39, 0.29) is 5.91 Å². The second-order valence-electron chi connectivity index (χ2n) is 6.57. The van der Waals surface area contributed by atoms with Crippen molar-refractivity contribution >= 4 is 11.8 Å². The van der Waals surface area contributed by atoms with Gasteiger partial charge in [0, 0.05) is 0 Å². The molecule has 0 aliphatic carbocycles. The summed E-state index contributed by atoms with van der Waals surface area (Å²) >= 11 is 0. The molecule has 3 N–H and O–H groups in total. The predicted octanol–water partition coefficient (Wildman–Crippen LogP) is 3.76.